The Morgan fingerprint density at radius 1 is 0.898 bits per heavy atom. The number of benzene rings is 4. The van der Waals surface area contributed by atoms with Crippen molar-refractivity contribution < 1.29 is 29.0 Å². The maximum Gasteiger partial charge on any atom is 0.260 e. The van der Waals surface area contributed by atoms with Crippen molar-refractivity contribution in [1.82, 2.24) is 9.91 Å². The number of hydrogen-bond acceptors (Lipinski definition) is 7. The van der Waals surface area contributed by atoms with Gasteiger partial charge in [0.05, 0.1) is 41.0 Å². The van der Waals surface area contributed by atoms with Crippen LogP contribution >= 0.6 is 23.2 Å². The quantitative estimate of drug-likeness (QED) is 0.182. The van der Waals surface area contributed by atoms with Gasteiger partial charge in [0.15, 0.2) is 0 Å². The minimum absolute atomic E-state index is 0.0441. The molecule has 9 nitrogen and oxygen atoms in total. The van der Waals surface area contributed by atoms with E-state index in [2.05, 4.69) is 5.43 Å². The summed E-state index contributed by atoms with van der Waals surface area (Å²) < 4.78 is 5.46. The lowest BCUT2D eigenvalue weighted by molar-refractivity contribution is -0.140. The molecule has 0 unspecified atom stereocenters. The number of fused-ring (bicyclic) bond motifs is 5. The molecule has 0 aromatic heterocycles. The third-order valence-corrected chi connectivity index (χ3v) is 11.6. The normalized spacial score (nSPS) is 27.6. The fourth-order valence-electron chi connectivity index (χ4n) is 8.90. The zero-order valence-electron chi connectivity index (χ0n) is 26.5. The lowest BCUT2D eigenvalue weighted by Crippen LogP contribution is -2.53. The number of phenolic OH excluding ortho intramolecular Hbond substituents is 1. The number of allylic oxidation sites excluding steroid dienone is 2. The Bertz CT molecular complexity index is 2130. The van der Waals surface area contributed by atoms with Gasteiger partial charge in [0.25, 0.3) is 11.8 Å². The zero-order chi connectivity index (χ0) is 34.4. The zero-order valence-corrected chi connectivity index (χ0v) is 28.0. The van der Waals surface area contributed by atoms with Crippen molar-refractivity contribution in [2.45, 2.75) is 24.2 Å². The van der Waals surface area contributed by atoms with Crippen LogP contribution in [0.2, 0.25) is 10.0 Å². The predicted molar refractivity (Wildman–Crippen MR) is 184 cm³/mol. The molecule has 6 atom stereocenters. The lowest BCUT2D eigenvalue weighted by atomic mass is 9.48. The molecule has 1 saturated carbocycles. The molecule has 0 bridgehead atoms. The minimum Gasteiger partial charge on any atom is -0.508 e. The number of hydrogen-bond donors (Lipinski definition) is 2. The Hall–Kier alpha value is -4.86. The van der Waals surface area contributed by atoms with Crippen molar-refractivity contribution in [2.24, 2.45) is 23.7 Å². The Labute approximate surface area is 292 Å². The maximum absolute atomic E-state index is 15.4. The van der Waals surface area contributed by atoms with E-state index in [1.54, 1.807) is 49.6 Å². The Morgan fingerprint density at radius 2 is 1.65 bits per heavy atom. The summed E-state index contributed by atoms with van der Waals surface area (Å²) in [6, 6.07) is 22.8. The number of amides is 4. The molecule has 2 heterocycles. The van der Waals surface area contributed by atoms with Gasteiger partial charge in [-0.1, -0.05) is 77.3 Å². The number of aromatic hydroxyl groups is 1. The summed E-state index contributed by atoms with van der Waals surface area (Å²) in [5, 5.41) is 15.0. The van der Waals surface area contributed by atoms with Gasteiger partial charge in [-0.05, 0) is 71.5 Å². The van der Waals surface area contributed by atoms with Crippen LogP contribution in [0.3, 0.4) is 0 Å². The second-order valence-electron chi connectivity index (χ2n) is 13.2. The predicted octanol–water partition coefficient (Wildman–Crippen LogP) is 6.48. The lowest BCUT2D eigenvalue weighted by Gasteiger charge is -2.51. The molecule has 4 aromatic carbocycles. The number of rotatable bonds is 5. The van der Waals surface area contributed by atoms with Crippen LogP contribution < -0.4 is 10.2 Å². The van der Waals surface area contributed by atoms with E-state index in [0.717, 1.165) is 16.0 Å². The van der Waals surface area contributed by atoms with E-state index in [1.165, 1.54) is 18.0 Å². The molecule has 2 aliphatic heterocycles. The largest absolute Gasteiger partial charge is 0.508 e. The average molecular weight is 697 g/mol. The number of phenols is 1. The van der Waals surface area contributed by atoms with Crippen molar-refractivity contribution in [1.29, 1.82) is 0 Å². The molecule has 3 fully saturated rings. The molecule has 4 aliphatic rings. The number of ether oxygens (including phenoxy) is 1. The molecule has 11 heteroatoms. The van der Waals surface area contributed by atoms with Crippen LogP contribution in [-0.4, -0.2) is 52.8 Å². The summed E-state index contributed by atoms with van der Waals surface area (Å²) in [6.07, 6.45) is 2.39. The third kappa shape index (κ3) is 4.38. The van der Waals surface area contributed by atoms with Crippen molar-refractivity contribution in [3.63, 3.8) is 0 Å². The smallest absolute Gasteiger partial charge is 0.260 e. The number of nitrogens with one attached hydrogen (secondary N) is 1. The second kappa shape index (κ2) is 11.4. The number of nitrogens with zero attached hydrogens (tertiary/aromatic N) is 2. The van der Waals surface area contributed by atoms with E-state index in [-0.39, 0.29) is 29.0 Å². The summed E-state index contributed by atoms with van der Waals surface area (Å²) in [5.74, 6) is -4.80. The molecule has 2 aliphatic carbocycles. The van der Waals surface area contributed by atoms with E-state index in [4.69, 9.17) is 27.9 Å². The first-order valence-corrected chi connectivity index (χ1v) is 16.8. The Kier molecular flexibility index (Phi) is 7.28. The van der Waals surface area contributed by atoms with Crippen LogP contribution in [0.5, 0.6) is 11.5 Å². The van der Waals surface area contributed by atoms with Gasteiger partial charge in [0.2, 0.25) is 11.8 Å². The van der Waals surface area contributed by atoms with Gasteiger partial charge in [0, 0.05) is 23.6 Å². The summed E-state index contributed by atoms with van der Waals surface area (Å²) in [5.41, 5.74) is 3.49. The first-order valence-electron chi connectivity index (χ1n) is 16.0. The number of methoxy groups -OCH3 is 1. The van der Waals surface area contributed by atoms with Crippen LogP contribution in [-0.2, 0) is 24.6 Å². The third-order valence-electron chi connectivity index (χ3n) is 11.0. The fraction of sp³-hybridized carbons (Fsp3) is 0.263. The topological polar surface area (TPSA) is 116 Å². The van der Waals surface area contributed by atoms with Crippen molar-refractivity contribution >= 4 is 63.3 Å². The number of carbonyl (C=O) groups is 4. The van der Waals surface area contributed by atoms with Crippen LogP contribution in [0.15, 0.2) is 90.5 Å². The minimum atomic E-state index is -1.58. The Morgan fingerprint density at radius 3 is 2.39 bits per heavy atom. The van der Waals surface area contributed by atoms with E-state index in [1.807, 2.05) is 36.4 Å². The highest BCUT2D eigenvalue weighted by molar-refractivity contribution is 6.36. The van der Waals surface area contributed by atoms with Crippen LogP contribution in [0.1, 0.15) is 29.9 Å². The van der Waals surface area contributed by atoms with E-state index in [9.17, 15) is 19.5 Å². The number of imide groups is 2. The van der Waals surface area contributed by atoms with E-state index < -0.39 is 46.8 Å². The molecule has 8 rings (SSSR count). The molecular weight excluding hydrogens is 665 g/mol. The van der Waals surface area contributed by atoms with Gasteiger partial charge in [-0.15, -0.1) is 0 Å². The number of carbonyl (C=O) groups excluding carboxylic acids is 4. The van der Waals surface area contributed by atoms with Crippen molar-refractivity contribution in [3.8, 4) is 11.5 Å². The van der Waals surface area contributed by atoms with Crippen LogP contribution in [0.25, 0.3) is 10.8 Å². The molecule has 0 spiro atoms. The van der Waals surface area contributed by atoms with E-state index >= 15 is 4.79 Å². The molecule has 0 radical (unpaired) electrons. The molecule has 2 N–H and O–H groups in total. The molecular formula is C38H31Cl2N3O6. The maximum atomic E-state index is 15.4. The first-order chi connectivity index (χ1) is 23.6. The van der Waals surface area contributed by atoms with Crippen molar-refractivity contribution in [2.75, 3.05) is 19.6 Å². The summed E-state index contributed by atoms with van der Waals surface area (Å²) >= 11 is 12.7. The second-order valence-corrected chi connectivity index (χ2v) is 14.0. The summed E-state index contributed by atoms with van der Waals surface area (Å²) in [4.78, 5) is 58.5. The van der Waals surface area contributed by atoms with Gasteiger partial charge in [-0.3, -0.25) is 29.5 Å². The van der Waals surface area contributed by atoms with Crippen molar-refractivity contribution in [3.05, 3.63) is 112 Å². The van der Waals surface area contributed by atoms with Gasteiger partial charge in [0.1, 0.15) is 11.5 Å². The van der Waals surface area contributed by atoms with E-state index in [0.29, 0.717) is 39.4 Å². The number of halogens is 2. The highest BCUT2D eigenvalue weighted by Gasteiger charge is 2.70. The molecule has 49 heavy (non-hydrogen) atoms. The van der Waals surface area contributed by atoms with Crippen LogP contribution in [0, 0.1) is 23.7 Å². The molecule has 4 amide bonds. The summed E-state index contributed by atoms with van der Waals surface area (Å²) in [7, 11) is 3.04. The highest BCUT2D eigenvalue weighted by Crippen LogP contribution is 2.65. The Balaban J connectivity index is 1.43. The van der Waals surface area contributed by atoms with Gasteiger partial charge >= 0.3 is 0 Å². The number of likely N-dealkylation sites (tertiary alicyclic amines) is 1. The molecule has 4 aromatic rings. The van der Waals surface area contributed by atoms with Gasteiger partial charge < -0.3 is 9.84 Å². The monoisotopic (exact) mass is 695 g/mol. The first kappa shape index (κ1) is 31.4. The summed E-state index contributed by atoms with van der Waals surface area (Å²) in [6.45, 7) is 0. The SMILES string of the molecule is COc1ccc([C@@]23C(=O)N(Nc4ccc(Cl)cc4Cl)C(=O)[C@@H]2C[C@@H]2C(=CC[C@@H]4C(=O)N(C)C(=O)[C@@H]42)[C@@H]3c2c(O)ccc3ccccc23)cc1. The number of hydrazine groups is 1. The van der Waals surface area contributed by atoms with Gasteiger partial charge in [-0.25, -0.2) is 0 Å². The molecule has 2 saturated heterocycles. The fourth-order valence-corrected chi connectivity index (χ4v) is 9.35. The standard InChI is InChI=1S/C38H31Cl2N3O6/c1-42-34(45)25-14-13-24-26(31(25)36(42)47)18-27-35(46)43(41-29-15-10-21(39)17-28(29)40)37(48)38(27,20-8-11-22(49-2)12-9-20)33(24)32-23-6-4-3-5-19(23)7-16-30(32)44/h3-13,15-17,25-27,31,33,41,44H,14,18H2,1-2H3/t25-,26+,27-,31-,33+,38+/m0/s1. The highest BCUT2D eigenvalue weighted by atomic mass is 35.5. The molecule has 248 valence electrons. The number of anilines is 1. The van der Waals surface area contributed by atoms with Crippen LogP contribution in [0.4, 0.5) is 5.69 Å². The average Bonchev–Trinajstić information content (AvgIpc) is 3.46. The van der Waals surface area contributed by atoms with Gasteiger partial charge in [-0.2, -0.15) is 5.01 Å².